The number of aliphatic hydroxyl groups excluding tert-OH is 8. The van der Waals surface area contributed by atoms with Crippen molar-refractivity contribution in [2.45, 2.75) is 166 Å². The lowest BCUT2D eigenvalue weighted by Crippen LogP contribution is -2.69. The van der Waals surface area contributed by atoms with Crippen molar-refractivity contribution in [3.05, 3.63) is 11.6 Å². The van der Waals surface area contributed by atoms with E-state index in [2.05, 4.69) is 26.8 Å². The molecule has 2 aliphatic heterocycles. The van der Waals surface area contributed by atoms with Crippen molar-refractivity contribution in [1.82, 2.24) is 0 Å². The maximum absolute atomic E-state index is 14.6. The number of hydrogen-bond acceptors (Lipinski definition) is 14. The molecular formula is C41H66O14. The lowest BCUT2D eigenvalue weighted by molar-refractivity contribution is -0.313. The number of fused-ring (bicyclic) bond motifs is 7. The fourth-order valence-corrected chi connectivity index (χ4v) is 13.5. The van der Waals surface area contributed by atoms with Gasteiger partial charge in [-0.25, -0.2) is 0 Å². The second-order valence-electron chi connectivity index (χ2n) is 19.7. The van der Waals surface area contributed by atoms with Crippen molar-refractivity contribution in [1.29, 1.82) is 0 Å². The van der Waals surface area contributed by atoms with Crippen LogP contribution in [0.1, 0.15) is 99.3 Å². The second-order valence-corrected chi connectivity index (χ2v) is 19.7. The summed E-state index contributed by atoms with van der Waals surface area (Å²) in [7, 11) is 0. The molecule has 6 fully saturated rings. The smallest absolute Gasteiger partial charge is 0.315 e. The number of allylic oxidation sites excluding steroid dienone is 1. The number of esters is 1. The first-order valence-corrected chi connectivity index (χ1v) is 20.5. The number of rotatable bonds is 6. The third kappa shape index (κ3) is 5.89. The molecule has 7 rings (SSSR count). The Morgan fingerprint density at radius 2 is 1.51 bits per heavy atom. The highest BCUT2D eigenvalue weighted by Crippen LogP contribution is 2.76. The molecule has 20 atom stereocenters. The van der Waals surface area contributed by atoms with Gasteiger partial charge in [0.2, 0.25) is 6.29 Å². The average Bonchev–Trinajstić information content (AvgIpc) is 3.14. The standard InChI is InChI=1S/C41H66O14/c1-20-9-14-41(35(50)55-34-31(49)29(47)28(46)23(17-42)53-34)16-15-38(4)21(32(41)40(20,6)51)7-8-25-36(2)12-11-26(54-33-30(48)27(45)22(44)18-52-33)37(3,19-43)24(36)10-13-39(25,38)5/h7,20,22-34,42-49,51H,8-19H2,1-6H3/t20-,22+,23-,24-,25-,26+,27+,28-,29+,30-,31-,32-,33+,34+,36-,37+,38-,39-,40-,41+/m1/s1. The van der Waals surface area contributed by atoms with Crippen LogP contribution in [0.15, 0.2) is 11.6 Å². The van der Waals surface area contributed by atoms with Crippen LogP contribution in [-0.2, 0) is 23.7 Å². The Bertz CT molecular complexity index is 1490. The number of ether oxygens (including phenoxy) is 4. The molecule has 14 heteroatoms. The van der Waals surface area contributed by atoms with Gasteiger partial charge in [-0.1, -0.05) is 46.3 Å². The molecule has 0 radical (unpaired) electrons. The van der Waals surface area contributed by atoms with E-state index >= 15 is 0 Å². The van der Waals surface area contributed by atoms with Crippen LogP contribution in [0.3, 0.4) is 0 Å². The third-order valence-electron chi connectivity index (χ3n) is 17.4. The topological polar surface area (TPSA) is 236 Å². The summed E-state index contributed by atoms with van der Waals surface area (Å²) in [6, 6.07) is 0. The summed E-state index contributed by atoms with van der Waals surface area (Å²) in [5.41, 5.74) is -2.97. The van der Waals surface area contributed by atoms with Crippen molar-refractivity contribution < 1.29 is 69.7 Å². The van der Waals surface area contributed by atoms with Gasteiger partial charge >= 0.3 is 5.97 Å². The van der Waals surface area contributed by atoms with Crippen molar-refractivity contribution in [2.24, 2.45) is 50.7 Å². The van der Waals surface area contributed by atoms with E-state index in [0.717, 1.165) is 24.8 Å². The first kappa shape index (κ1) is 41.9. The van der Waals surface area contributed by atoms with Crippen LogP contribution in [-0.4, -0.2) is 139 Å². The molecule has 0 bridgehead atoms. The fraction of sp³-hybridized carbons (Fsp3) is 0.927. The van der Waals surface area contributed by atoms with Crippen molar-refractivity contribution in [2.75, 3.05) is 19.8 Å². The van der Waals surface area contributed by atoms with Crippen molar-refractivity contribution in [3.8, 4) is 0 Å². The summed E-state index contributed by atoms with van der Waals surface area (Å²) in [6.45, 7) is 11.9. The van der Waals surface area contributed by atoms with E-state index in [4.69, 9.17) is 18.9 Å². The Labute approximate surface area is 323 Å². The predicted molar refractivity (Wildman–Crippen MR) is 194 cm³/mol. The molecule has 0 aromatic carbocycles. The Hall–Kier alpha value is -1.27. The van der Waals surface area contributed by atoms with Gasteiger partial charge in [0.05, 0.1) is 36.9 Å². The van der Waals surface area contributed by atoms with Gasteiger partial charge in [0.1, 0.15) is 42.7 Å². The molecule has 0 unspecified atom stereocenters. The minimum atomic E-state index is -1.73. The zero-order valence-electron chi connectivity index (χ0n) is 33.2. The Morgan fingerprint density at radius 3 is 2.18 bits per heavy atom. The maximum Gasteiger partial charge on any atom is 0.315 e. The van der Waals surface area contributed by atoms with E-state index in [1.807, 2.05) is 20.8 Å². The van der Waals surface area contributed by atoms with Gasteiger partial charge in [-0.2, -0.15) is 0 Å². The average molecular weight is 783 g/mol. The molecule has 0 amide bonds. The van der Waals surface area contributed by atoms with Crippen LogP contribution in [0.5, 0.6) is 0 Å². The SMILES string of the molecule is C[C@@H]1CC[C@]2(C(=O)O[C@@H]3O[C@H](CO)[C@@H](O)[C@H](O)[C@H]3O)CC[C@]3(C)C(=CC[C@@H]4[C@]5(C)CC[C@H](O[C@@H]6OC[C@H](O)[C@H](O)[C@H]6O)[C@@](C)(CO)[C@@H]5CC[C@]43C)[C@@H]2[C@]1(C)O. The van der Waals surface area contributed by atoms with E-state index in [-0.39, 0.29) is 41.8 Å². The molecule has 0 spiro atoms. The number of carbonyl (C=O) groups excluding carboxylic acids is 1. The first-order valence-electron chi connectivity index (χ1n) is 20.5. The van der Waals surface area contributed by atoms with Gasteiger partial charge in [-0.3, -0.25) is 4.79 Å². The largest absolute Gasteiger partial charge is 0.432 e. The van der Waals surface area contributed by atoms with Gasteiger partial charge in [0, 0.05) is 11.3 Å². The van der Waals surface area contributed by atoms with E-state index in [1.165, 1.54) is 0 Å². The van der Waals surface area contributed by atoms with E-state index in [0.29, 0.717) is 38.5 Å². The minimum absolute atomic E-state index is 0.0469. The van der Waals surface area contributed by atoms with Gasteiger partial charge in [-0.05, 0) is 98.7 Å². The van der Waals surface area contributed by atoms with Crippen LogP contribution in [0, 0.1) is 50.7 Å². The van der Waals surface area contributed by atoms with Gasteiger partial charge in [0.25, 0.3) is 0 Å². The van der Waals surface area contributed by atoms with Crippen LogP contribution in [0.25, 0.3) is 0 Å². The quantitative estimate of drug-likeness (QED) is 0.104. The highest BCUT2D eigenvalue weighted by atomic mass is 16.7. The lowest BCUT2D eigenvalue weighted by Gasteiger charge is -2.72. The van der Waals surface area contributed by atoms with E-state index in [1.54, 1.807) is 0 Å². The highest BCUT2D eigenvalue weighted by molar-refractivity contribution is 5.79. The molecule has 5 aliphatic carbocycles. The Balaban J connectivity index is 1.20. The summed E-state index contributed by atoms with van der Waals surface area (Å²) in [4.78, 5) is 14.6. The Morgan fingerprint density at radius 1 is 0.818 bits per heavy atom. The molecule has 14 nitrogen and oxygen atoms in total. The maximum atomic E-state index is 14.6. The second kappa shape index (κ2) is 14.2. The molecule has 7 aliphatic rings. The molecule has 0 aromatic rings. The Kier molecular flexibility index (Phi) is 10.8. The molecule has 2 heterocycles. The molecule has 4 saturated carbocycles. The highest BCUT2D eigenvalue weighted by Gasteiger charge is 2.72. The van der Waals surface area contributed by atoms with Crippen LogP contribution < -0.4 is 0 Å². The summed E-state index contributed by atoms with van der Waals surface area (Å²) in [6.07, 6.45) is -5.44. The van der Waals surface area contributed by atoms with Crippen LogP contribution in [0.4, 0.5) is 0 Å². The molecule has 0 aromatic heterocycles. The van der Waals surface area contributed by atoms with Gasteiger partial charge in [0.15, 0.2) is 6.29 Å². The fourth-order valence-electron chi connectivity index (χ4n) is 13.5. The lowest BCUT2D eigenvalue weighted by atomic mass is 9.33. The summed E-state index contributed by atoms with van der Waals surface area (Å²) in [5.74, 6) is -1.14. The van der Waals surface area contributed by atoms with E-state index in [9.17, 15) is 50.8 Å². The third-order valence-corrected chi connectivity index (χ3v) is 17.4. The zero-order valence-corrected chi connectivity index (χ0v) is 33.2. The predicted octanol–water partition coefficient (Wildman–Crippen LogP) is 0.899. The van der Waals surface area contributed by atoms with Crippen molar-refractivity contribution >= 4 is 5.97 Å². The molecule has 55 heavy (non-hydrogen) atoms. The monoisotopic (exact) mass is 782 g/mol. The van der Waals surface area contributed by atoms with Crippen LogP contribution in [0.2, 0.25) is 0 Å². The van der Waals surface area contributed by atoms with E-state index < -0.39 is 102 Å². The summed E-state index contributed by atoms with van der Waals surface area (Å²) >= 11 is 0. The van der Waals surface area contributed by atoms with Crippen molar-refractivity contribution in [3.63, 3.8) is 0 Å². The number of hydrogen-bond donors (Lipinski definition) is 9. The molecule has 9 N–H and O–H groups in total. The first-order chi connectivity index (χ1) is 25.7. The minimum Gasteiger partial charge on any atom is -0.432 e. The number of aliphatic hydroxyl groups is 9. The molecular weight excluding hydrogens is 716 g/mol. The summed E-state index contributed by atoms with van der Waals surface area (Å²) in [5, 5.41) is 96.0. The zero-order chi connectivity index (χ0) is 40.3. The number of carbonyl (C=O) groups is 1. The van der Waals surface area contributed by atoms with Gasteiger partial charge < -0.3 is 64.9 Å². The molecule has 2 saturated heterocycles. The summed E-state index contributed by atoms with van der Waals surface area (Å²) < 4.78 is 23.5. The molecule has 314 valence electrons. The van der Waals surface area contributed by atoms with Gasteiger partial charge in [-0.15, -0.1) is 0 Å². The van der Waals surface area contributed by atoms with Crippen LogP contribution >= 0.6 is 0 Å². The normalized spacial score (nSPS) is 56.6.